The number of nitrogens with one attached hydrogen (secondary N) is 1. The minimum atomic E-state index is -0.0451. The Morgan fingerprint density at radius 2 is 1.68 bits per heavy atom. The molecule has 0 unspecified atom stereocenters. The molecule has 3 heteroatoms. The average molecular weight is 338 g/mol. The molecule has 0 atom stereocenters. The highest BCUT2D eigenvalue weighted by Gasteiger charge is 2.19. The maximum Gasteiger partial charge on any atom is 0.257 e. The van der Waals surface area contributed by atoms with Crippen molar-refractivity contribution in [3.05, 3.63) is 57.9 Å². The molecule has 0 aliphatic heterocycles. The van der Waals surface area contributed by atoms with Crippen molar-refractivity contribution in [2.45, 2.75) is 60.8 Å². The quantitative estimate of drug-likeness (QED) is 0.779. The van der Waals surface area contributed by atoms with Crippen LogP contribution in [0.2, 0.25) is 0 Å². The molecule has 0 aliphatic rings. The van der Waals surface area contributed by atoms with Crippen LogP contribution >= 0.6 is 0 Å². The van der Waals surface area contributed by atoms with Crippen LogP contribution in [-0.4, -0.2) is 10.9 Å². The molecule has 2 rings (SSSR count). The summed E-state index contributed by atoms with van der Waals surface area (Å²) >= 11 is 0. The number of carbonyl (C=O) groups is 1. The lowest BCUT2D eigenvalue weighted by Crippen LogP contribution is -2.19. The Morgan fingerprint density at radius 1 is 1.08 bits per heavy atom. The SMILES string of the molecule is CCc1cccc(CC)c1NC(=O)c1c(CC(C)C)cc(C)nc1C. The largest absolute Gasteiger partial charge is 0.321 e. The summed E-state index contributed by atoms with van der Waals surface area (Å²) in [5.74, 6) is 0.443. The molecular formula is C22H30N2O. The zero-order valence-corrected chi connectivity index (χ0v) is 16.4. The topological polar surface area (TPSA) is 42.0 Å². The smallest absolute Gasteiger partial charge is 0.257 e. The number of pyridine rings is 1. The Balaban J connectivity index is 2.46. The third-order valence-electron chi connectivity index (χ3n) is 4.50. The van der Waals surface area contributed by atoms with E-state index in [1.54, 1.807) is 0 Å². The van der Waals surface area contributed by atoms with Gasteiger partial charge in [0.25, 0.3) is 5.91 Å². The first-order valence-corrected chi connectivity index (χ1v) is 9.26. The predicted octanol–water partition coefficient (Wildman–Crippen LogP) is 5.27. The number of para-hydroxylation sites is 1. The van der Waals surface area contributed by atoms with Crippen LogP contribution in [0.5, 0.6) is 0 Å². The maximum atomic E-state index is 13.1. The molecule has 134 valence electrons. The van der Waals surface area contributed by atoms with Gasteiger partial charge in [-0.3, -0.25) is 9.78 Å². The molecule has 1 heterocycles. The Bertz CT molecular complexity index is 741. The Hall–Kier alpha value is -2.16. The molecule has 0 fully saturated rings. The number of rotatable bonds is 6. The van der Waals surface area contributed by atoms with Gasteiger partial charge in [0.15, 0.2) is 0 Å². The van der Waals surface area contributed by atoms with Gasteiger partial charge in [0.2, 0.25) is 0 Å². The van der Waals surface area contributed by atoms with Gasteiger partial charge in [0.1, 0.15) is 0 Å². The van der Waals surface area contributed by atoms with Gasteiger partial charge in [-0.15, -0.1) is 0 Å². The van der Waals surface area contributed by atoms with Crippen molar-refractivity contribution in [2.24, 2.45) is 5.92 Å². The summed E-state index contributed by atoms with van der Waals surface area (Å²) < 4.78 is 0. The minimum Gasteiger partial charge on any atom is -0.321 e. The molecule has 1 aromatic heterocycles. The highest BCUT2D eigenvalue weighted by atomic mass is 16.1. The van der Waals surface area contributed by atoms with E-state index >= 15 is 0 Å². The Labute approximate surface area is 151 Å². The van der Waals surface area contributed by atoms with E-state index in [2.05, 4.69) is 56.2 Å². The van der Waals surface area contributed by atoms with Crippen molar-refractivity contribution < 1.29 is 4.79 Å². The summed E-state index contributed by atoms with van der Waals surface area (Å²) in [7, 11) is 0. The summed E-state index contributed by atoms with van der Waals surface area (Å²) in [5, 5.41) is 3.19. The first kappa shape index (κ1) is 19.2. The van der Waals surface area contributed by atoms with Gasteiger partial charge in [-0.2, -0.15) is 0 Å². The second-order valence-electron chi connectivity index (χ2n) is 7.09. The number of amides is 1. The van der Waals surface area contributed by atoms with E-state index in [1.165, 1.54) is 11.1 Å². The molecule has 3 nitrogen and oxygen atoms in total. The number of aryl methyl sites for hydroxylation is 4. The number of nitrogens with zero attached hydrogens (tertiary/aromatic N) is 1. The molecular weight excluding hydrogens is 308 g/mol. The predicted molar refractivity (Wildman–Crippen MR) is 105 cm³/mol. The zero-order valence-electron chi connectivity index (χ0n) is 16.4. The van der Waals surface area contributed by atoms with E-state index in [0.717, 1.165) is 47.5 Å². The second kappa shape index (κ2) is 8.28. The maximum absolute atomic E-state index is 13.1. The fourth-order valence-electron chi connectivity index (χ4n) is 3.40. The molecule has 0 saturated heterocycles. The normalized spacial score (nSPS) is 11.0. The molecule has 25 heavy (non-hydrogen) atoms. The van der Waals surface area contributed by atoms with Crippen LogP contribution in [0.25, 0.3) is 0 Å². The lowest BCUT2D eigenvalue weighted by molar-refractivity contribution is 0.102. The fourth-order valence-corrected chi connectivity index (χ4v) is 3.40. The highest BCUT2D eigenvalue weighted by molar-refractivity contribution is 6.06. The van der Waals surface area contributed by atoms with E-state index < -0.39 is 0 Å². The molecule has 0 aliphatic carbocycles. The van der Waals surface area contributed by atoms with Crippen LogP contribution < -0.4 is 5.32 Å². The summed E-state index contributed by atoms with van der Waals surface area (Å²) in [4.78, 5) is 17.7. The van der Waals surface area contributed by atoms with E-state index in [0.29, 0.717) is 5.92 Å². The van der Waals surface area contributed by atoms with E-state index in [9.17, 15) is 4.79 Å². The molecule has 1 N–H and O–H groups in total. The van der Waals surface area contributed by atoms with Crippen LogP contribution in [0.4, 0.5) is 5.69 Å². The average Bonchev–Trinajstić information content (AvgIpc) is 2.53. The first-order valence-electron chi connectivity index (χ1n) is 9.26. The number of anilines is 1. The number of carbonyl (C=O) groups excluding carboxylic acids is 1. The van der Waals surface area contributed by atoms with Crippen LogP contribution in [-0.2, 0) is 19.3 Å². The van der Waals surface area contributed by atoms with Crippen LogP contribution in [0.3, 0.4) is 0 Å². The lowest BCUT2D eigenvalue weighted by Gasteiger charge is -2.18. The fraction of sp³-hybridized carbons (Fsp3) is 0.455. The monoisotopic (exact) mass is 338 g/mol. The number of benzene rings is 1. The minimum absolute atomic E-state index is 0.0451. The molecule has 1 aromatic carbocycles. The van der Waals surface area contributed by atoms with Gasteiger partial charge in [0.05, 0.1) is 11.3 Å². The Morgan fingerprint density at radius 3 is 2.20 bits per heavy atom. The third-order valence-corrected chi connectivity index (χ3v) is 4.50. The van der Waals surface area contributed by atoms with Gasteiger partial charge in [-0.25, -0.2) is 0 Å². The van der Waals surface area contributed by atoms with Gasteiger partial charge in [-0.05, 0) is 61.8 Å². The molecule has 0 saturated carbocycles. The molecule has 1 amide bonds. The van der Waals surface area contributed by atoms with Gasteiger partial charge < -0.3 is 5.32 Å². The third kappa shape index (κ3) is 4.47. The lowest BCUT2D eigenvalue weighted by atomic mass is 9.95. The summed E-state index contributed by atoms with van der Waals surface area (Å²) in [5.41, 5.74) is 6.91. The van der Waals surface area contributed by atoms with Crippen LogP contribution in [0.1, 0.15) is 66.1 Å². The van der Waals surface area contributed by atoms with Crippen molar-refractivity contribution in [3.8, 4) is 0 Å². The first-order chi connectivity index (χ1) is 11.9. The van der Waals surface area contributed by atoms with Crippen molar-refractivity contribution >= 4 is 11.6 Å². The molecule has 0 radical (unpaired) electrons. The van der Waals surface area contributed by atoms with Crippen molar-refractivity contribution in [2.75, 3.05) is 5.32 Å². The van der Waals surface area contributed by atoms with Gasteiger partial charge >= 0.3 is 0 Å². The molecule has 2 aromatic rings. The second-order valence-corrected chi connectivity index (χ2v) is 7.09. The number of hydrogen-bond donors (Lipinski definition) is 1. The van der Waals surface area contributed by atoms with Crippen LogP contribution in [0.15, 0.2) is 24.3 Å². The highest BCUT2D eigenvalue weighted by Crippen LogP contribution is 2.25. The standard InChI is InChI=1S/C22H30N2O/c1-7-17-10-9-11-18(8-2)21(17)24-22(25)20-16(6)23-15(5)13-19(20)12-14(3)4/h9-11,13-14H,7-8,12H2,1-6H3,(H,24,25). The van der Waals surface area contributed by atoms with Crippen molar-refractivity contribution in [1.82, 2.24) is 4.98 Å². The van der Waals surface area contributed by atoms with Crippen LogP contribution in [0, 0.1) is 19.8 Å². The van der Waals surface area contributed by atoms with E-state index in [1.807, 2.05) is 19.9 Å². The molecule has 0 bridgehead atoms. The zero-order chi connectivity index (χ0) is 18.6. The van der Waals surface area contributed by atoms with E-state index in [4.69, 9.17) is 0 Å². The number of aromatic nitrogens is 1. The van der Waals surface area contributed by atoms with Gasteiger partial charge in [0, 0.05) is 11.4 Å². The van der Waals surface area contributed by atoms with Crippen molar-refractivity contribution in [3.63, 3.8) is 0 Å². The molecule has 0 spiro atoms. The van der Waals surface area contributed by atoms with E-state index in [-0.39, 0.29) is 5.91 Å². The summed E-state index contributed by atoms with van der Waals surface area (Å²) in [6.07, 6.45) is 2.67. The van der Waals surface area contributed by atoms with Gasteiger partial charge in [-0.1, -0.05) is 45.9 Å². The Kier molecular flexibility index (Phi) is 6.35. The summed E-state index contributed by atoms with van der Waals surface area (Å²) in [6, 6.07) is 8.29. The number of hydrogen-bond acceptors (Lipinski definition) is 2. The van der Waals surface area contributed by atoms with Crippen molar-refractivity contribution in [1.29, 1.82) is 0 Å². The summed E-state index contributed by atoms with van der Waals surface area (Å²) in [6.45, 7) is 12.5.